The summed E-state index contributed by atoms with van der Waals surface area (Å²) in [6.07, 6.45) is 1.81. The normalized spacial score (nSPS) is 22.3. The number of hydrogen-bond acceptors (Lipinski definition) is 6. The maximum Gasteiger partial charge on any atom is 0.500 e. The van der Waals surface area contributed by atoms with Crippen LogP contribution in [-0.4, -0.2) is 85.2 Å². The number of epoxide rings is 2. The summed E-state index contributed by atoms with van der Waals surface area (Å²) < 4.78 is 30.6. The fourth-order valence-electron chi connectivity index (χ4n) is 1.52. The zero-order chi connectivity index (χ0) is 14.1. The van der Waals surface area contributed by atoms with Gasteiger partial charge in [-0.3, -0.25) is 0 Å². The van der Waals surface area contributed by atoms with E-state index in [2.05, 4.69) is 6.92 Å². The third-order valence-corrected chi connectivity index (χ3v) is 5.88. The van der Waals surface area contributed by atoms with Crippen LogP contribution in [-0.2, 0) is 27.5 Å². The number of hydrogen-bond donors (Lipinski definition) is 0. The Kier molecular flexibility index (Phi) is 14.1. The molecule has 0 amide bonds. The van der Waals surface area contributed by atoms with Crippen molar-refractivity contribution in [1.82, 2.24) is 0 Å². The van der Waals surface area contributed by atoms with E-state index < -0.39 is 8.80 Å². The lowest BCUT2D eigenvalue weighted by Crippen LogP contribution is -2.42. The first kappa shape index (κ1) is 23.4. The molecule has 9 heteroatoms. The van der Waals surface area contributed by atoms with Gasteiger partial charge in [0.1, 0.15) is 12.2 Å². The summed E-state index contributed by atoms with van der Waals surface area (Å²) in [7, 11) is 2.68. The van der Waals surface area contributed by atoms with E-state index in [0.29, 0.717) is 12.2 Å². The van der Waals surface area contributed by atoms with Gasteiger partial charge in [0.15, 0.2) is 0 Å². The molecule has 2 aliphatic rings. The van der Waals surface area contributed by atoms with Crippen molar-refractivity contribution in [3.8, 4) is 0 Å². The van der Waals surface area contributed by atoms with Crippen molar-refractivity contribution in [1.29, 1.82) is 0 Å². The highest BCUT2D eigenvalue weighted by Crippen LogP contribution is 2.14. The molecule has 21 heavy (non-hydrogen) atoms. The fraction of sp³-hybridized carbons (Fsp3) is 1.00. The Balaban J connectivity index is 0. The molecule has 2 atom stereocenters. The van der Waals surface area contributed by atoms with Gasteiger partial charge in [-0.25, -0.2) is 0 Å². The predicted octanol–water partition coefficient (Wildman–Crippen LogP) is -1.20. The molecule has 130 valence electrons. The van der Waals surface area contributed by atoms with E-state index in [0.717, 1.165) is 38.9 Å². The first-order valence-electron chi connectivity index (χ1n) is 6.66. The van der Waals surface area contributed by atoms with Crippen molar-refractivity contribution in [3.05, 3.63) is 0 Å². The molecule has 2 heterocycles. The van der Waals surface area contributed by atoms with Gasteiger partial charge >= 0.3 is 8.80 Å². The maximum atomic E-state index is 5.23. The molecule has 2 fully saturated rings. The molecular formula is C12H32O7Si2. The minimum absolute atomic E-state index is 0. The largest absolute Gasteiger partial charge is 0.500 e. The molecule has 2 rings (SSSR count). The Bertz CT molecular complexity index is 213. The molecule has 0 spiro atoms. The SMILES string of the molecule is C(OCC1CO1)C1CO1.CCC[Si](OC)(OC)OC.O.[SiH4]. The second-order valence-corrected chi connectivity index (χ2v) is 7.58. The Morgan fingerprint density at radius 1 is 0.952 bits per heavy atom. The first-order chi connectivity index (χ1) is 9.19. The van der Waals surface area contributed by atoms with Crippen molar-refractivity contribution in [3.63, 3.8) is 0 Å². The number of ether oxygens (including phenoxy) is 3. The van der Waals surface area contributed by atoms with E-state index in [-0.39, 0.29) is 16.4 Å². The highest BCUT2D eigenvalue weighted by molar-refractivity contribution is 6.60. The Hall–Kier alpha value is 0.154. The summed E-state index contributed by atoms with van der Waals surface area (Å²) in [5.41, 5.74) is 0. The van der Waals surface area contributed by atoms with Crippen LogP contribution in [0.3, 0.4) is 0 Å². The van der Waals surface area contributed by atoms with E-state index in [4.69, 9.17) is 27.5 Å². The minimum atomic E-state index is -2.22. The Morgan fingerprint density at radius 3 is 1.52 bits per heavy atom. The monoisotopic (exact) mass is 344 g/mol. The highest BCUT2D eigenvalue weighted by atomic mass is 28.4. The summed E-state index contributed by atoms with van der Waals surface area (Å²) in [5.74, 6) is 0. The Morgan fingerprint density at radius 2 is 1.33 bits per heavy atom. The van der Waals surface area contributed by atoms with E-state index in [9.17, 15) is 0 Å². The molecule has 0 aliphatic carbocycles. The van der Waals surface area contributed by atoms with Crippen LogP contribution < -0.4 is 0 Å². The molecule has 0 aromatic carbocycles. The van der Waals surface area contributed by atoms with Gasteiger partial charge in [-0.2, -0.15) is 0 Å². The molecule has 2 saturated heterocycles. The van der Waals surface area contributed by atoms with E-state index in [1.807, 2.05) is 0 Å². The van der Waals surface area contributed by atoms with Gasteiger partial charge < -0.3 is 33.0 Å². The minimum Gasteiger partial charge on any atom is -0.412 e. The standard InChI is InChI=1S/C6H16O3Si.C6H10O3.H2O.H4Si/c1-5-6-10(7-2,8-3)9-4;1(5-3-8-5)7-2-6-4-9-6;;/h5-6H2,1-4H3;5-6H,1-4H2;1H2;1H4. The molecule has 0 aromatic rings. The first-order valence-corrected chi connectivity index (χ1v) is 8.59. The van der Waals surface area contributed by atoms with E-state index >= 15 is 0 Å². The molecule has 0 aromatic heterocycles. The average molecular weight is 345 g/mol. The maximum absolute atomic E-state index is 5.23. The van der Waals surface area contributed by atoms with Gasteiger partial charge in [-0.05, 0) is 11.0 Å². The molecule has 0 radical (unpaired) electrons. The van der Waals surface area contributed by atoms with Crippen LogP contribution in [0.1, 0.15) is 13.3 Å². The molecule has 0 saturated carbocycles. The summed E-state index contributed by atoms with van der Waals surface area (Å²) in [4.78, 5) is 0. The quantitative estimate of drug-likeness (QED) is 0.385. The Labute approximate surface area is 132 Å². The zero-order valence-corrected chi connectivity index (χ0v) is 13.8. The zero-order valence-electron chi connectivity index (χ0n) is 12.8. The van der Waals surface area contributed by atoms with Crippen LogP contribution in [0, 0.1) is 0 Å². The third-order valence-electron chi connectivity index (χ3n) is 2.90. The van der Waals surface area contributed by atoms with Crippen LogP contribution in [0.15, 0.2) is 0 Å². The molecule has 0 bridgehead atoms. The van der Waals surface area contributed by atoms with E-state index in [1.54, 1.807) is 21.3 Å². The predicted molar refractivity (Wildman–Crippen MR) is 87.1 cm³/mol. The van der Waals surface area contributed by atoms with Gasteiger partial charge in [0.25, 0.3) is 0 Å². The average Bonchev–Trinajstić information content (AvgIpc) is 3.31. The molecule has 2 unspecified atom stereocenters. The molecule has 2 N–H and O–H groups in total. The van der Waals surface area contributed by atoms with Gasteiger partial charge in [0, 0.05) is 27.4 Å². The van der Waals surface area contributed by atoms with Gasteiger partial charge in [-0.15, -0.1) is 0 Å². The second kappa shape index (κ2) is 12.7. The van der Waals surface area contributed by atoms with E-state index in [1.165, 1.54) is 0 Å². The molecule has 7 nitrogen and oxygen atoms in total. The third kappa shape index (κ3) is 10.5. The van der Waals surface area contributed by atoms with Crippen LogP contribution in [0.4, 0.5) is 0 Å². The lowest BCUT2D eigenvalue weighted by atomic mass is 10.5. The van der Waals surface area contributed by atoms with Crippen molar-refractivity contribution in [2.45, 2.75) is 31.6 Å². The van der Waals surface area contributed by atoms with Crippen molar-refractivity contribution in [2.24, 2.45) is 0 Å². The van der Waals surface area contributed by atoms with Crippen molar-refractivity contribution < 1.29 is 33.0 Å². The van der Waals surface area contributed by atoms with Crippen LogP contribution in [0.5, 0.6) is 0 Å². The fourth-order valence-corrected chi connectivity index (χ4v) is 3.25. The van der Waals surface area contributed by atoms with Crippen LogP contribution in [0.2, 0.25) is 6.04 Å². The highest BCUT2D eigenvalue weighted by Gasteiger charge is 2.36. The topological polar surface area (TPSA) is 93.5 Å². The van der Waals surface area contributed by atoms with Crippen LogP contribution in [0.25, 0.3) is 0 Å². The van der Waals surface area contributed by atoms with Crippen molar-refractivity contribution >= 4 is 19.8 Å². The molecular weight excluding hydrogens is 312 g/mol. The van der Waals surface area contributed by atoms with Crippen LogP contribution >= 0.6 is 0 Å². The number of rotatable bonds is 9. The summed E-state index contributed by atoms with van der Waals surface area (Å²) in [5, 5.41) is 0. The second-order valence-electron chi connectivity index (χ2n) is 4.49. The smallest absolute Gasteiger partial charge is 0.412 e. The van der Waals surface area contributed by atoms with Crippen molar-refractivity contribution in [2.75, 3.05) is 47.8 Å². The van der Waals surface area contributed by atoms with Gasteiger partial charge in [0.2, 0.25) is 0 Å². The summed E-state index contributed by atoms with van der Waals surface area (Å²) in [6.45, 7) is 5.34. The lowest BCUT2D eigenvalue weighted by Gasteiger charge is -2.23. The lowest BCUT2D eigenvalue weighted by molar-refractivity contribution is 0.102. The molecule has 2 aliphatic heterocycles. The summed E-state index contributed by atoms with van der Waals surface area (Å²) >= 11 is 0. The summed E-state index contributed by atoms with van der Waals surface area (Å²) in [6, 6.07) is 0.885. The van der Waals surface area contributed by atoms with Gasteiger partial charge in [0.05, 0.1) is 26.4 Å². The van der Waals surface area contributed by atoms with Gasteiger partial charge in [-0.1, -0.05) is 13.3 Å².